The molecule has 0 saturated carbocycles. The number of benzene rings is 2. The Hall–Kier alpha value is -3.70. The van der Waals surface area contributed by atoms with Gasteiger partial charge in [0, 0.05) is 40.0 Å². The minimum Gasteiger partial charge on any atom is -0.462 e. The topological polar surface area (TPSA) is 89.4 Å². The predicted molar refractivity (Wildman–Crippen MR) is 157 cm³/mol. The summed E-state index contributed by atoms with van der Waals surface area (Å²) in [6.45, 7) is 4.32. The van der Waals surface area contributed by atoms with Crippen molar-refractivity contribution >= 4 is 56.8 Å². The molecular formula is C30H29F2N3O4S2. The fourth-order valence-electron chi connectivity index (χ4n) is 4.95. The quantitative estimate of drug-likeness (QED) is 0.168. The lowest BCUT2D eigenvalue weighted by Gasteiger charge is -2.12. The normalized spacial score (nSPS) is 13.2. The van der Waals surface area contributed by atoms with Crippen molar-refractivity contribution in [1.82, 2.24) is 9.88 Å². The molecule has 2 heterocycles. The van der Waals surface area contributed by atoms with E-state index in [1.165, 1.54) is 29.2 Å². The Morgan fingerprint density at radius 1 is 1.07 bits per heavy atom. The number of carbonyl (C=O) groups is 3. The molecule has 0 bridgehead atoms. The third-order valence-corrected chi connectivity index (χ3v) is 9.24. The summed E-state index contributed by atoms with van der Waals surface area (Å²) in [4.78, 5) is 40.3. The zero-order valence-corrected chi connectivity index (χ0v) is 24.2. The maximum atomic E-state index is 14.0. The van der Waals surface area contributed by atoms with E-state index in [0.717, 1.165) is 57.6 Å². The number of thiophene rings is 1. The summed E-state index contributed by atoms with van der Waals surface area (Å²) in [5.74, 6) is -3.28. The number of nitrogens with zero attached hydrogens (tertiary/aromatic N) is 1. The van der Waals surface area contributed by atoms with Crippen molar-refractivity contribution < 1.29 is 27.9 Å². The molecule has 2 amide bonds. The summed E-state index contributed by atoms with van der Waals surface area (Å²) < 4.78 is 35.1. The number of hydrogen-bond donors (Lipinski definition) is 2. The van der Waals surface area contributed by atoms with Crippen molar-refractivity contribution in [2.75, 3.05) is 18.5 Å². The summed E-state index contributed by atoms with van der Waals surface area (Å²) >= 11 is 2.83. The van der Waals surface area contributed by atoms with E-state index in [4.69, 9.17) is 4.74 Å². The summed E-state index contributed by atoms with van der Waals surface area (Å²) in [6.07, 6.45) is 4.58. The van der Waals surface area contributed by atoms with E-state index in [-0.39, 0.29) is 19.1 Å². The third kappa shape index (κ3) is 6.01. The van der Waals surface area contributed by atoms with Gasteiger partial charge in [0.2, 0.25) is 5.91 Å². The number of anilines is 1. The first-order valence-corrected chi connectivity index (χ1v) is 15.1. The van der Waals surface area contributed by atoms with Gasteiger partial charge in [-0.25, -0.2) is 13.6 Å². The van der Waals surface area contributed by atoms with Gasteiger partial charge in [0.05, 0.1) is 17.4 Å². The Labute approximate surface area is 244 Å². The Kier molecular flexibility index (Phi) is 8.74. The van der Waals surface area contributed by atoms with E-state index in [2.05, 4.69) is 10.6 Å². The van der Waals surface area contributed by atoms with Gasteiger partial charge in [-0.1, -0.05) is 24.3 Å². The lowest BCUT2D eigenvalue weighted by molar-refractivity contribution is -0.115. The molecule has 0 radical (unpaired) electrons. The van der Waals surface area contributed by atoms with Crippen LogP contribution >= 0.6 is 23.1 Å². The first-order valence-electron chi connectivity index (χ1n) is 13.4. The largest absolute Gasteiger partial charge is 0.462 e. The fourth-order valence-corrected chi connectivity index (χ4v) is 7.27. The molecule has 1 aliphatic carbocycles. The minimum atomic E-state index is -0.915. The summed E-state index contributed by atoms with van der Waals surface area (Å²) in [7, 11) is 0. The fraction of sp³-hybridized carbons (Fsp3) is 0.300. The van der Waals surface area contributed by atoms with Crippen LogP contribution in [-0.4, -0.2) is 40.8 Å². The van der Waals surface area contributed by atoms with Gasteiger partial charge in [0.25, 0.3) is 5.91 Å². The van der Waals surface area contributed by atoms with Crippen LogP contribution in [0.4, 0.5) is 13.8 Å². The number of fused-ring (bicyclic) bond motifs is 2. The number of ether oxygens (including phenoxy) is 1. The SMILES string of the molecule is CCOC(=O)c1c(NC(=O)[C@H](C)Sc2cn(CCNC(=O)c3c(F)cccc3F)c3ccccc23)sc2c1CCC2. The van der Waals surface area contributed by atoms with Gasteiger partial charge in [-0.2, -0.15) is 0 Å². The van der Waals surface area contributed by atoms with E-state index in [1.807, 2.05) is 35.0 Å². The van der Waals surface area contributed by atoms with Crippen molar-refractivity contribution in [3.8, 4) is 0 Å². The Balaban J connectivity index is 1.28. The van der Waals surface area contributed by atoms with Gasteiger partial charge >= 0.3 is 5.97 Å². The van der Waals surface area contributed by atoms with Crippen LogP contribution in [0.1, 0.15) is 51.4 Å². The highest BCUT2D eigenvalue weighted by Gasteiger charge is 2.29. The molecule has 2 aromatic carbocycles. The molecule has 0 fully saturated rings. The molecule has 0 unspecified atom stereocenters. The first-order chi connectivity index (χ1) is 19.8. The lowest BCUT2D eigenvalue weighted by atomic mass is 10.1. The second-order valence-corrected chi connectivity index (χ2v) is 12.1. The van der Waals surface area contributed by atoms with Crippen molar-refractivity contribution in [3.63, 3.8) is 0 Å². The predicted octanol–water partition coefficient (Wildman–Crippen LogP) is 6.20. The summed E-state index contributed by atoms with van der Waals surface area (Å²) in [5.41, 5.74) is 1.75. The molecule has 1 atom stereocenters. The Morgan fingerprint density at radius 3 is 2.59 bits per heavy atom. The zero-order valence-electron chi connectivity index (χ0n) is 22.6. The van der Waals surface area contributed by atoms with Crippen LogP contribution in [0.2, 0.25) is 0 Å². The second kappa shape index (κ2) is 12.4. The molecule has 0 aliphatic heterocycles. The molecular weight excluding hydrogens is 568 g/mol. The Bertz CT molecular complexity index is 1610. The highest BCUT2D eigenvalue weighted by atomic mass is 32.2. The Morgan fingerprint density at radius 2 is 1.83 bits per heavy atom. The first kappa shape index (κ1) is 28.8. The van der Waals surface area contributed by atoms with Crippen LogP contribution in [0, 0.1) is 11.6 Å². The number of nitrogens with one attached hydrogen (secondary N) is 2. The molecule has 2 aromatic heterocycles. The van der Waals surface area contributed by atoms with Gasteiger partial charge < -0.3 is 19.9 Å². The van der Waals surface area contributed by atoms with Crippen LogP contribution in [0.15, 0.2) is 53.6 Å². The lowest BCUT2D eigenvalue weighted by Crippen LogP contribution is -2.28. The number of para-hydroxylation sites is 1. The van der Waals surface area contributed by atoms with Crippen molar-refractivity contribution in [2.45, 2.75) is 49.8 Å². The average molecular weight is 598 g/mol. The molecule has 0 spiro atoms. The summed E-state index contributed by atoms with van der Waals surface area (Å²) in [6, 6.07) is 11.0. The van der Waals surface area contributed by atoms with Crippen LogP contribution in [0.5, 0.6) is 0 Å². The maximum absolute atomic E-state index is 14.0. The number of carbonyl (C=O) groups excluding carboxylic acids is 3. The minimum absolute atomic E-state index is 0.144. The second-order valence-electron chi connectivity index (χ2n) is 9.59. The van der Waals surface area contributed by atoms with Crippen molar-refractivity contribution in [1.29, 1.82) is 0 Å². The maximum Gasteiger partial charge on any atom is 0.341 e. The highest BCUT2D eigenvalue weighted by Crippen LogP contribution is 2.40. The molecule has 5 rings (SSSR count). The third-order valence-electron chi connectivity index (χ3n) is 6.89. The number of halogens is 2. The smallest absolute Gasteiger partial charge is 0.341 e. The monoisotopic (exact) mass is 597 g/mol. The molecule has 2 N–H and O–H groups in total. The van der Waals surface area contributed by atoms with Crippen LogP contribution in [-0.2, 0) is 28.9 Å². The number of esters is 1. The number of thioether (sulfide) groups is 1. The van der Waals surface area contributed by atoms with E-state index >= 15 is 0 Å². The zero-order chi connectivity index (χ0) is 29.1. The number of hydrogen-bond acceptors (Lipinski definition) is 6. The highest BCUT2D eigenvalue weighted by molar-refractivity contribution is 8.00. The number of amides is 2. The van der Waals surface area contributed by atoms with Gasteiger partial charge in [-0.15, -0.1) is 23.1 Å². The van der Waals surface area contributed by atoms with Crippen LogP contribution in [0.3, 0.4) is 0 Å². The standard InChI is InChI=1S/C30H29F2N3O4S2/c1-3-39-30(38)25-19-9-6-13-23(19)41-29(25)34-27(36)17(2)40-24-16-35(22-12-5-4-8-18(22)24)15-14-33-28(37)26-20(31)10-7-11-21(26)32/h4-5,7-8,10-12,16-17H,3,6,9,13-15H2,1-2H3,(H,33,37)(H,34,36)/t17-/m0/s1. The van der Waals surface area contributed by atoms with Crippen LogP contribution in [0.25, 0.3) is 10.9 Å². The molecule has 7 nitrogen and oxygen atoms in total. The van der Waals surface area contributed by atoms with E-state index in [0.29, 0.717) is 17.1 Å². The molecule has 1 aliphatic rings. The molecule has 4 aromatic rings. The molecule has 214 valence electrons. The molecule has 41 heavy (non-hydrogen) atoms. The van der Waals surface area contributed by atoms with Gasteiger partial charge in [0.1, 0.15) is 22.2 Å². The van der Waals surface area contributed by atoms with E-state index in [9.17, 15) is 23.2 Å². The number of aryl methyl sites for hydroxylation is 1. The van der Waals surface area contributed by atoms with Crippen molar-refractivity contribution in [2.24, 2.45) is 0 Å². The number of rotatable bonds is 10. The van der Waals surface area contributed by atoms with Gasteiger partial charge in [-0.05, 0) is 56.9 Å². The molecule has 0 saturated heterocycles. The van der Waals surface area contributed by atoms with Crippen molar-refractivity contribution in [3.05, 3.63) is 81.9 Å². The van der Waals surface area contributed by atoms with E-state index < -0.39 is 34.3 Å². The summed E-state index contributed by atoms with van der Waals surface area (Å²) in [5, 5.41) is 6.54. The van der Waals surface area contributed by atoms with E-state index in [1.54, 1.807) is 13.8 Å². The van der Waals surface area contributed by atoms with Gasteiger partial charge in [0.15, 0.2) is 0 Å². The molecule has 11 heteroatoms. The van der Waals surface area contributed by atoms with Crippen LogP contribution < -0.4 is 10.6 Å². The van der Waals surface area contributed by atoms with Gasteiger partial charge in [-0.3, -0.25) is 9.59 Å². The average Bonchev–Trinajstić information content (AvgIpc) is 3.62. The number of aromatic nitrogens is 1.